The van der Waals surface area contributed by atoms with Crippen LogP contribution in [0.25, 0.3) is 21.5 Å². The van der Waals surface area contributed by atoms with Crippen LogP contribution in [-0.4, -0.2) is 101 Å². The smallest absolute Gasteiger partial charge is 0.349 e. The van der Waals surface area contributed by atoms with Crippen LogP contribution in [0.4, 0.5) is 17.4 Å². The maximum Gasteiger partial charge on any atom is 0.349 e. The molecule has 4 bridgehead atoms. The van der Waals surface area contributed by atoms with Gasteiger partial charge in [-0.05, 0) is 118 Å². The Balaban J connectivity index is 0.00000325. The summed E-state index contributed by atoms with van der Waals surface area (Å²) in [5.41, 5.74) is 6.80. The molecule has 1 aliphatic carbocycles. The Kier molecular flexibility index (Phi) is 15.9. The SMILES string of the molecule is C=CCCC(C(=O)NC)N1C(=O)c2cccccccc1c2C1CC2CC(C1)N2c1nc2cc(CSN3CCC(Nc4cccc(-c5sc(C(=O)O)c(OCC=O)c5Cl)c4)CC3(C)C)ccc2o1.CO. The lowest BCUT2D eigenvalue weighted by atomic mass is 9.71. The number of amides is 2. The third-order valence-corrected chi connectivity index (χ3v) is 16.7. The van der Waals surface area contributed by atoms with Crippen molar-refractivity contribution in [2.24, 2.45) is 0 Å². The summed E-state index contributed by atoms with van der Waals surface area (Å²) in [6.45, 7) is 9.01. The van der Waals surface area contributed by atoms with Gasteiger partial charge in [-0.1, -0.05) is 78.2 Å². The van der Waals surface area contributed by atoms with Gasteiger partial charge in [0.25, 0.3) is 11.9 Å². The lowest BCUT2D eigenvalue weighted by Gasteiger charge is -2.54. The van der Waals surface area contributed by atoms with Gasteiger partial charge >= 0.3 is 5.97 Å². The number of aliphatic hydroxyl groups excluding tert-OH is 1. The molecule has 4 N–H and O–H groups in total. The molecular formula is C53H59ClN6O8S2. The van der Waals surface area contributed by atoms with E-state index in [-0.39, 0.29) is 63.7 Å². The second-order valence-corrected chi connectivity index (χ2v) is 20.8. The molecule has 0 spiro atoms. The van der Waals surface area contributed by atoms with Gasteiger partial charge in [0.2, 0.25) is 5.91 Å². The fourth-order valence-corrected chi connectivity index (χ4v) is 13.0. The molecule has 14 nitrogen and oxygen atoms in total. The van der Waals surface area contributed by atoms with Crippen LogP contribution in [0.3, 0.4) is 0 Å². The number of thiophene rings is 1. The number of nitrogens with one attached hydrogen (secondary N) is 2. The Morgan fingerprint density at radius 3 is 2.53 bits per heavy atom. The second-order valence-electron chi connectivity index (χ2n) is 18.4. The third-order valence-electron chi connectivity index (χ3n) is 13.5. The Morgan fingerprint density at radius 2 is 1.81 bits per heavy atom. The summed E-state index contributed by atoms with van der Waals surface area (Å²) >= 11 is 9.47. The van der Waals surface area contributed by atoms with E-state index < -0.39 is 12.0 Å². The highest BCUT2D eigenvalue weighted by atomic mass is 35.5. The first-order valence-electron chi connectivity index (χ1n) is 23.5. The van der Waals surface area contributed by atoms with Gasteiger partial charge in [-0.3, -0.25) is 19.3 Å². The first kappa shape index (κ1) is 50.5. The van der Waals surface area contributed by atoms with Gasteiger partial charge in [-0.2, -0.15) is 4.98 Å². The highest BCUT2D eigenvalue weighted by molar-refractivity contribution is 7.96. The number of ether oxygens (including phenoxy) is 1. The molecule has 4 atom stereocenters. The highest BCUT2D eigenvalue weighted by Crippen LogP contribution is 2.52. The van der Waals surface area contributed by atoms with Gasteiger partial charge in [0.15, 0.2) is 22.5 Å². The second kappa shape index (κ2) is 22.0. The quantitative estimate of drug-likeness (QED) is 0.0393. The molecule has 3 aromatic carbocycles. The van der Waals surface area contributed by atoms with Gasteiger partial charge in [-0.15, -0.1) is 17.9 Å². The molecule has 4 unspecified atom stereocenters. The van der Waals surface area contributed by atoms with Crippen molar-refractivity contribution in [3.05, 3.63) is 124 Å². The molecule has 10 rings (SSSR count). The van der Waals surface area contributed by atoms with Crippen LogP contribution >= 0.6 is 34.9 Å². The predicted molar refractivity (Wildman–Crippen MR) is 279 cm³/mol. The number of aldehydes is 1. The van der Waals surface area contributed by atoms with E-state index in [0.29, 0.717) is 35.6 Å². The maximum absolute atomic E-state index is 14.3. The van der Waals surface area contributed by atoms with Crippen LogP contribution in [0.2, 0.25) is 5.02 Å². The largest absolute Gasteiger partial charge is 0.483 e. The molecule has 1 saturated carbocycles. The number of oxazole rings is 1. The average Bonchev–Trinajstić information content (AvgIpc) is 4.00. The number of rotatable bonds is 17. The van der Waals surface area contributed by atoms with Crippen molar-refractivity contribution in [1.29, 1.82) is 0 Å². The molecule has 4 aliphatic heterocycles. The fraction of sp³-hybridized carbons (Fsp3) is 0.377. The number of carboxylic acids is 1. The number of aliphatic hydroxyl groups is 1. The maximum atomic E-state index is 14.3. The Bertz CT molecular complexity index is 2820. The minimum absolute atomic E-state index is 0.0124. The van der Waals surface area contributed by atoms with E-state index in [1.165, 1.54) is 5.56 Å². The van der Waals surface area contributed by atoms with E-state index in [2.05, 4.69) is 52.4 Å². The number of halogens is 1. The number of piperidine rings is 2. The monoisotopic (exact) mass is 1010 g/mol. The molecule has 4 fully saturated rings. The van der Waals surface area contributed by atoms with Crippen molar-refractivity contribution in [1.82, 2.24) is 14.6 Å². The van der Waals surface area contributed by atoms with Gasteiger partial charge in [0, 0.05) is 67.1 Å². The predicted octanol–water partition coefficient (Wildman–Crippen LogP) is 10.3. The number of hydrogen-bond donors (Lipinski definition) is 4. The fourth-order valence-electron chi connectivity index (χ4n) is 10.4. The number of carboxylic acid groups (broad SMARTS) is 1. The third kappa shape index (κ3) is 10.3. The first-order chi connectivity index (χ1) is 33.9. The Morgan fingerprint density at radius 1 is 1.06 bits per heavy atom. The van der Waals surface area contributed by atoms with E-state index in [4.69, 9.17) is 30.8 Å². The molecule has 5 aliphatic rings. The van der Waals surface area contributed by atoms with E-state index in [1.807, 2.05) is 84.7 Å². The van der Waals surface area contributed by atoms with Crippen LogP contribution in [0, 0.1) is 0 Å². The number of aromatic carboxylic acids is 1. The minimum atomic E-state index is -1.16. The molecular weight excluding hydrogens is 948 g/mol. The van der Waals surface area contributed by atoms with Crippen molar-refractivity contribution >= 4 is 87.4 Å². The number of nitrogens with zero attached hydrogens (tertiary/aromatic N) is 4. The number of aromatic nitrogens is 1. The van der Waals surface area contributed by atoms with E-state index in [0.717, 1.165) is 96.4 Å². The van der Waals surface area contributed by atoms with Crippen molar-refractivity contribution in [2.45, 2.75) is 100 Å². The van der Waals surface area contributed by atoms with E-state index in [9.17, 15) is 24.3 Å². The summed E-state index contributed by atoms with van der Waals surface area (Å²) in [6, 6.07) is 28.3. The van der Waals surface area contributed by atoms with Crippen LogP contribution in [0.15, 0.2) is 102 Å². The lowest BCUT2D eigenvalue weighted by molar-refractivity contribution is -0.122. The number of anilines is 3. The van der Waals surface area contributed by atoms with E-state index in [1.54, 1.807) is 18.0 Å². The molecule has 5 aromatic rings. The first-order valence-corrected chi connectivity index (χ1v) is 25.7. The molecule has 2 aromatic heterocycles. The number of carbonyl (C=O) groups excluding carboxylic acids is 3. The van der Waals surface area contributed by atoms with Gasteiger partial charge in [0.05, 0.1) is 4.88 Å². The van der Waals surface area contributed by atoms with Crippen LogP contribution in [-0.2, 0) is 15.3 Å². The summed E-state index contributed by atoms with van der Waals surface area (Å²) < 4.78 is 14.3. The number of hydrogen-bond acceptors (Lipinski definition) is 13. The normalized spacial score (nSPS) is 20.3. The number of likely N-dealkylation sites (N-methyl/N-ethyl adjacent to an activating group) is 1. The van der Waals surface area contributed by atoms with Crippen LogP contribution < -0.4 is 25.2 Å². The number of carbonyl (C=O) groups is 4. The summed E-state index contributed by atoms with van der Waals surface area (Å²) in [5.74, 6) is -0.571. The number of allylic oxidation sites excluding steroid dienone is 1. The van der Waals surface area contributed by atoms with Crippen molar-refractivity contribution in [3.63, 3.8) is 0 Å². The number of fused-ring (bicyclic) bond motifs is 6. The minimum Gasteiger partial charge on any atom is -0.483 e. The summed E-state index contributed by atoms with van der Waals surface area (Å²) in [4.78, 5) is 60.1. The van der Waals surface area contributed by atoms with Crippen molar-refractivity contribution in [2.75, 3.05) is 42.4 Å². The molecule has 70 heavy (non-hydrogen) atoms. The summed E-state index contributed by atoms with van der Waals surface area (Å²) in [5, 5.41) is 23.4. The van der Waals surface area contributed by atoms with E-state index >= 15 is 0 Å². The van der Waals surface area contributed by atoms with Gasteiger partial charge in [0.1, 0.15) is 23.2 Å². The van der Waals surface area contributed by atoms with Crippen molar-refractivity contribution < 1.29 is 38.5 Å². The molecule has 0 radical (unpaired) electrons. The molecule has 2 amide bonds. The zero-order valence-corrected chi connectivity index (χ0v) is 42.1. The zero-order chi connectivity index (χ0) is 49.7. The molecule has 3 saturated heterocycles. The lowest BCUT2D eigenvalue weighted by Crippen LogP contribution is -2.60. The Hall–Kier alpha value is -5.91. The highest BCUT2D eigenvalue weighted by Gasteiger charge is 2.50. The average molecular weight is 1010 g/mol. The summed E-state index contributed by atoms with van der Waals surface area (Å²) in [7, 11) is 2.62. The molecule has 6 heterocycles. The van der Waals surface area contributed by atoms with Crippen LogP contribution in [0.5, 0.6) is 5.75 Å². The zero-order valence-electron chi connectivity index (χ0n) is 39.7. The number of benzene rings is 2. The van der Waals surface area contributed by atoms with Crippen molar-refractivity contribution in [3.8, 4) is 16.2 Å². The summed E-state index contributed by atoms with van der Waals surface area (Å²) in [6.07, 6.45) is 7.98. The van der Waals surface area contributed by atoms with Gasteiger partial charge < -0.3 is 34.9 Å². The van der Waals surface area contributed by atoms with Gasteiger partial charge in [-0.25, -0.2) is 9.10 Å². The molecule has 368 valence electrons. The topological polar surface area (TPSA) is 178 Å². The standard InChI is InChI=1S/C52H55ClN6O7S2.CH4O/c1-5-6-16-41(48(61)54-4)59-40-17-11-9-7-8-10-15-38(49(59)62)43(40)33-26-36-28-37(27-33)58(36)51-56-39-24-31(18-19-42(39)66-51)30-67-57-21-20-35(29-52(57,2)3)55-34-14-12-13-32(25-34)46-44(53)45(65-23-22-60)47(68-46)50(63)64;1-2/h5,7-15,17-19,22,24-25,33,35-37,41,55H,1,6,16,20-21,23,26-30H2,2-4H3,(H,54,61)(H,63,64);2H,1H3. The van der Waals surface area contributed by atoms with Crippen LogP contribution in [0.1, 0.15) is 95.9 Å². The molecule has 17 heteroatoms. The Labute approximate surface area is 421 Å².